The first kappa shape index (κ1) is 18.2. The van der Waals surface area contributed by atoms with Crippen molar-refractivity contribution in [2.24, 2.45) is 0 Å². The van der Waals surface area contributed by atoms with E-state index in [1.165, 1.54) is 75.3 Å². The van der Waals surface area contributed by atoms with Gasteiger partial charge in [-0.05, 0) is 37.6 Å². The Balaban J connectivity index is 2.12. The van der Waals surface area contributed by atoms with Gasteiger partial charge in [0.15, 0.2) is 0 Å². The summed E-state index contributed by atoms with van der Waals surface area (Å²) in [4.78, 5) is 4.27. The fourth-order valence-corrected chi connectivity index (χ4v) is 2.96. The van der Waals surface area contributed by atoms with Crippen LogP contribution in [0.4, 0.5) is 0 Å². The van der Waals surface area contributed by atoms with Gasteiger partial charge in [-0.15, -0.1) is 0 Å². The number of aromatic nitrogens is 1. The zero-order chi connectivity index (χ0) is 15.3. The summed E-state index contributed by atoms with van der Waals surface area (Å²) in [6, 6.07) is 2.57. The van der Waals surface area contributed by atoms with Crippen LogP contribution in [-0.2, 0) is 0 Å². The van der Waals surface area contributed by atoms with Crippen LogP contribution in [0.3, 0.4) is 0 Å². The Morgan fingerprint density at radius 3 is 2.19 bits per heavy atom. The van der Waals surface area contributed by atoms with Crippen LogP contribution >= 0.6 is 0 Å². The number of pyridine rings is 1. The number of hydrogen-bond donors (Lipinski definition) is 1. The Morgan fingerprint density at radius 1 is 1.00 bits per heavy atom. The fraction of sp³-hybridized carbons (Fsp3) is 0.737. The topological polar surface area (TPSA) is 24.9 Å². The van der Waals surface area contributed by atoms with Gasteiger partial charge in [-0.1, -0.05) is 64.7 Å². The Kier molecular flexibility index (Phi) is 10.1. The molecule has 1 aromatic heterocycles. The number of hydrogen-bond acceptors (Lipinski definition) is 2. The minimum Gasteiger partial charge on any atom is -0.313 e. The third kappa shape index (κ3) is 7.61. The van der Waals surface area contributed by atoms with E-state index >= 15 is 0 Å². The molecule has 0 aliphatic carbocycles. The molecule has 0 aliphatic heterocycles. The molecule has 1 atom stereocenters. The number of nitrogens with zero attached hydrogens (tertiary/aromatic N) is 1. The number of unbranched alkanes of at least 4 members (excludes halogenated alkanes) is 8. The molecule has 0 fully saturated rings. The van der Waals surface area contributed by atoms with E-state index in [1.54, 1.807) is 0 Å². The lowest BCUT2D eigenvalue weighted by Gasteiger charge is -2.18. The third-order valence-corrected chi connectivity index (χ3v) is 4.40. The highest BCUT2D eigenvalue weighted by atomic mass is 14.9. The molecule has 2 nitrogen and oxygen atoms in total. The summed E-state index contributed by atoms with van der Waals surface area (Å²) in [5, 5.41) is 3.44. The van der Waals surface area contributed by atoms with Crippen molar-refractivity contribution in [2.45, 2.75) is 84.1 Å². The molecule has 1 aromatic rings. The minimum absolute atomic E-state index is 0.461. The summed E-state index contributed by atoms with van der Waals surface area (Å²) in [7, 11) is 2.06. The van der Waals surface area contributed by atoms with Crippen molar-refractivity contribution in [1.82, 2.24) is 10.3 Å². The average molecular weight is 290 g/mol. The van der Waals surface area contributed by atoms with Crippen molar-refractivity contribution in [1.29, 1.82) is 0 Å². The molecule has 1 heterocycles. The number of aryl methyl sites for hydroxylation is 1. The molecule has 120 valence electrons. The van der Waals surface area contributed by atoms with Crippen LogP contribution < -0.4 is 5.32 Å². The lowest BCUT2D eigenvalue weighted by Crippen LogP contribution is -2.17. The molecule has 1 rings (SSSR count). The predicted octanol–water partition coefficient (Wildman–Crippen LogP) is 5.57. The fourth-order valence-electron chi connectivity index (χ4n) is 2.96. The van der Waals surface area contributed by atoms with Gasteiger partial charge in [-0.2, -0.15) is 0 Å². The predicted molar refractivity (Wildman–Crippen MR) is 92.6 cm³/mol. The van der Waals surface area contributed by atoms with Crippen LogP contribution in [0.2, 0.25) is 0 Å². The molecular weight excluding hydrogens is 256 g/mol. The van der Waals surface area contributed by atoms with Crippen LogP contribution in [0.15, 0.2) is 18.5 Å². The highest BCUT2D eigenvalue weighted by Gasteiger charge is 2.11. The van der Waals surface area contributed by atoms with Gasteiger partial charge >= 0.3 is 0 Å². The van der Waals surface area contributed by atoms with E-state index in [-0.39, 0.29) is 0 Å². The lowest BCUT2D eigenvalue weighted by atomic mass is 9.98. The quantitative estimate of drug-likeness (QED) is 0.509. The standard InChI is InChI=1S/C19H34N2/c1-4-5-6-7-8-9-10-11-12-13-19(20-3)18-16-21-15-14-17(18)2/h14-16,19-20H,4-13H2,1-3H3. The molecular formula is C19H34N2. The maximum Gasteiger partial charge on any atom is 0.0335 e. The number of rotatable bonds is 12. The summed E-state index contributed by atoms with van der Waals surface area (Å²) in [5.74, 6) is 0. The zero-order valence-corrected chi connectivity index (χ0v) is 14.3. The van der Waals surface area contributed by atoms with Gasteiger partial charge in [-0.25, -0.2) is 0 Å². The van der Waals surface area contributed by atoms with Crippen LogP contribution in [0.25, 0.3) is 0 Å². The summed E-state index contributed by atoms with van der Waals surface area (Å²) < 4.78 is 0. The Bertz CT molecular complexity index is 362. The summed E-state index contributed by atoms with van der Waals surface area (Å²) in [5.41, 5.74) is 2.71. The Morgan fingerprint density at radius 2 is 1.62 bits per heavy atom. The minimum atomic E-state index is 0.461. The molecule has 0 aliphatic rings. The van der Waals surface area contributed by atoms with Crippen molar-refractivity contribution in [2.75, 3.05) is 7.05 Å². The molecule has 1 unspecified atom stereocenters. The average Bonchev–Trinajstić information content (AvgIpc) is 2.50. The molecule has 1 N–H and O–H groups in total. The van der Waals surface area contributed by atoms with Crippen molar-refractivity contribution >= 4 is 0 Å². The van der Waals surface area contributed by atoms with Crippen molar-refractivity contribution in [3.8, 4) is 0 Å². The smallest absolute Gasteiger partial charge is 0.0335 e. The van der Waals surface area contributed by atoms with Crippen LogP contribution in [0, 0.1) is 6.92 Å². The van der Waals surface area contributed by atoms with E-state index < -0.39 is 0 Å². The second-order valence-corrected chi connectivity index (χ2v) is 6.19. The lowest BCUT2D eigenvalue weighted by molar-refractivity contribution is 0.491. The van der Waals surface area contributed by atoms with E-state index in [0.717, 1.165) is 0 Å². The van der Waals surface area contributed by atoms with Gasteiger partial charge in [0.05, 0.1) is 0 Å². The maximum atomic E-state index is 4.27. The SMILES string of the molecule is CCCCCCCCCCCC(NC)c1cnccc1C. The van der Waals surface area contributed by atoms with Crippen molar-refractivity contribution in [3.63, 3.8) is 0 Å². The van der Waals surface area contributed by atoms with Gasteiger partial charge in [-0.3, -0.25) is 4.98 Å². The monoisotopic (exact) mass is 290 g/mol. The van der Waals surface area contributed by atoms with E-state index in [9.17, 15) is 0 Å². The maximum absolute atomic E-state index is 4.27. The van der Waals surface area contributed by atoms with Gasteiger partial charge < -0.3 is 5.32 Å². The summed E-state index contributed by atoms with van der Waals surface area (Å²) in [6.07, 6.45) is 17.7. The van der Waals surface area contributed by atoms with Gasteiger partial charge in [0.25, 0.3) is 0 Å². The van der Waals surface area contributed by atoms with E-state index in [2.05, 4.69) is 37.3 Å². The first-order valence-corrected chi connectivity index (χ1v) is 8.87. The van der Waals surface area contributed by atoms with E-state index in [4.69, 9.17) is 0 Å². The molecule has 0 aromatic carbocycles. The normalized spacial score (nSPS) is 12.5. The molecule has 21 heavy (non-hydrogen) atoms. The second-order valence-electron chi connectivity index (χ2n) is 6.19. The highest BCUT2D eigenvalue weighted by molar-refractivity contribution is 5.24. The first-order valence-electron chi connectivity index (χ1n) is 8.87. The molecule has 0 amide bonds. The third-order valence-electron chi connectivity index (χ3n) is 4.40. The van der Waals surface area contributed by atoms with Gasteiger partial charge in [0, 0.05) is 18.4 Å². The molecule has 0 spiro atoms. The molecule has 0 saturated heterocycles. The number of nitrogens with one attached hydrogen (secondary N) is 1. The summed E-state index contributed by atoms with van der Waals surface area (Å²) >= 11 is 0. The molecule has 0 saturated carbocycles. The van der Waals surface area contributed by atoms with Crippen LogP contribution in [-0.4, -0.2) is 12.0 Å². The van der Waals surface area contributed by atoms with Gasteiger partial charge in [0.1, 0.15) is 0 Å². The van der Waals surface area contributed by atoms with Gasteiger partial charge in [0.2, 0.25) is 0 Å². The largest absolute Gasteiger partial charge is 0.313 e. The van der Waals surface area contributed by atoms with Crippen LogP contribution in [0.5, 0.6) is 0 Å². The van der Waals surface area contributed by atoms with Crippen LogP contribution in [0.1, 0.15) is 88.3 Å². The Hall–Kier alpha value is -0.890. The zero-order valence-electron chi connectivity index (χ0n) is 14.3. The second kappa shape index (κ2) is 11.7. The van der Waals surface area contributed by atoms with E-state index in [1.807, 2.05) is 12.4 Å². The molecule has 2 heteroatoms. The molecule has 0 bridgehead atoms. The van der Waals surface area contributed by atoms with E-state index in [0.29, 0.717) is 6.04 Å². The summed E-state index contributed by atoms with van der Waals surface area (Å²) in [6.45, 7) is 4.46. The van der Waals surface area contributed by atoms with Crippen molar-refractivity contribution < 1.29 is 0 Å². The first-order chi connectivity index (χ1) is 10.3. The highest BCUT2D eigenvalue weighted by Crippen LogP contribution is 2.22. The Labute approximate surface area is 131 Å². The van der Waals surface area contributed by atoms with Crippen molar-refractivity contribution in [3.05, 3.63) is 29.6 Å². The molecule has 0 radical (unpaired) electrons.